The molecule has 1 saturated heterocycles. The second-order valence-corrected chi connectivity index (χ2v) is 6.28. The molecule has 1 heterocycles. The van der Waals surface area contributed by atoms with E-state index in [0.29, 0.717) is 12.5 Å². The first-order chi connectivity index (χ1) is 6.80. The number of hydrogen-bond donors (Lipinski definition) is 1. The Morgan fingerprint density at radius 1 is 1.53 bits per heavy atom. The van der Waals surface area contributed by atoms with Gasteiger partial charge in [0.2, 0.25) is 15.9 Å². The molecule has 0 aromatic rings. The Morgan fingerprint density at radius 2 is 2.13 bits per heavy atom. The fraction of sp³-hybridized carbons (Fsp3) is 0.889. The number of rotatable bonds is 4. The largest absolute Gasteiger partial charge is 0.341 e. The SMILES string of the molecule is CC(C)CCN1CC(S(N)(=O)=O)CC1=O. The maximum atomic E-state index is 11.4. The summed E-state index contributed by atoms with van der Waals surface area (Å²) >= 11 is 0. The van der Waals surface area contributed by atoms with E-state index in [1.807, 2.05) is 0 Å². The topological polar surface area (TPSA) is 80.5 Å². The summed E-state index contributed by atoms with van der Waals surface area (Å²) in [5.74, 6) is 0.404. The molecule has 1 fully saturated rings. The first kappa shape index (κ1) is 12.4. The zero-order valence-corrected chi connectivity index (χ0v) is 9.96. The molecule has 0 aliphatic carbocycles. The van der Waals surface area contributed by atoms with Gasteiger partial charge in [0, 0.05) is 19.5 Å². The minimum atomic E-state index is -3.57. The Balaban J connectivity index is 2.54. The molecular formula is C9H18N2O3S. The van der Waals surface area contributed by atoms with Crippen molar-refractivity contribution in [2.75, 3.05) is 13.1 Å². The summed E-state index contributed by atoms with van der Waals surface area (Å²) in [4.78, 5) is 13.0. The van der Waals surface area contributed by atoms with Crippen molar-refractivity contribution in [2.45, 2.75) is 31.9 Å². The number of amides is 1. The van der Waals surface area contributed by atoms with E-state index in [1.54, 1.807) is 4.90 Å². The molecule has 2 N–H and O–H groups in total. The Bertz CT molecular complexity index is 337. The second-order valence-electron chi connectivity index (χ2n) is 4.44. The van der Waals surface area contributed by atoms with Crippen molar-refractivity contribution in [3.05, 3.63) is 0 Å². The summed E-state index contributed by atoms with van der Waals surface area (Å²) in [6.45, 7) is 5.02. The van der Waals surface area contributed by atoms with Crippen LogP contribution in [0.1, 0.15) is 26.7 Å². The Kier molecular flexibility index (Phi) is 3.72. The van der Waals surface area contributed by atoms with E-state index < -0.39 is 15.3 Å². The standard InChI is InChI=1S/C9H18N2O3S/c1-7(2)3-4-11-6-8(5-9(11)12)15(10,13)14/h7-8H,3-6H2,1-2H3,(H2,10,13,14). The van der Waals surface area contributed by atoms with Crippen LogP contribution in [0, 0.1) is 5.92 Å². The van der Waals surface area contributed by atoms with E-state index in [-0.39, 0.29) is 18.9 Å². The van der Waals surface area contributed by atoms with Crippen LogP contribution in [0.15, 0.2) is 0 Å². The van der Waals surface area contributed by atoms with Crippen molar-refractivity contribution < 1.29 is 13.2 Å². The molecule has 1 rings (SSSR count). The van der Waals surface area contributed by atoms with Gasteiger partial charge in [-0.1, -0.05) is 13.8 Å². The van der Waals surface area contributed by atoms with Gasteiger partial charge in [0.15, 0.2) is 0 Å². The van der Waals surface area contributed by atoms with Crippen LogP contribution in [0.3, 0.4) is 0 Å². The number of sulfonamides is 1. The highest BCUT2D eigenvalue weighted by Gasteiger charge is 2.35. The molecule has 88 valence electrons. The highest BCUT2D eigenvalue weighted by molar-refractivity contribution is 7.89. The number of primary sulfonamides is 1. The fourth-order valence-electron chi connectivity index (χ4n) is 1.59. The van der Waals surface area contributed by atoms with Crippen LogP contribution in [0.4, 0.5) is 0 Å². The van der Waals surface area contributed by atoms with Gasteiger partial charge in [-0.2, -0.15) is 0 Å². The van der Waals surface area contributed by atoms with Gasteiger partial charge < -0.3 is 4.90 Å². The molecule has 15 heavy (non-hydrogen) atoms. The zero-order chi connectivity index (χ0) is 11.6. The first-order valence-electron chi connectivity index (χ1n) is 5.10. The molecule has 1 aliphatic rings. The van der Waals surface area contributed by atoms with E-state index >= 15 is 0 Å². The predicted octanol–water partition coefficient (Wildman–Crippen LogP) is -0.0781. The lowest BCUT2D eigenvalue weighted by Crippen LogP contribution is -2.32. The molecule has 0 aromatic carbocycles. The van der Waals surface area contributed by atoms with Crippen LogP contribution in [0.2, 0.25) is 0 Å². The smallest absolute Gasteiger partial charge is 0.224 e. The number of nitrogens with two attached hydrogens (primary N) is 1. The van der Waals surface area contributed by atoms with Gasteiger partial charge >= 0.3 is 0 Å². The van der Waals surface area contributed by atoms with Gasteiger partial charge in [-0.15, -0.1) is 0 Å². The lowest BCUT2D eigenvalue weighted by Gasteiger charge is -2.17. The Hall–Kier alpha value is -0.620. The molecule has 0 spiro atoms. The predicted molar refractivity (Wildman–Crippen MR) is 57.5 cm³/mol. The number of carbonyl (C=O) groups excluding carboxylic acids is 1. The molecule has 5 nitrogen and oxygen atoms in total. The van der Waals surface area contributed by atoms with Crippen molar-refractivity contribution in [3.63, 3.8) is 0 Å². The average molecular weight is 234 g/mol. The number of likely N-dealkylation sites (tertiary alicyclic amines) is 1. The molecule has 1 aliphatic heterocycles. The minimum absolute atomic E-state index is 0.0386. The van der Waals surface area contributed by atoms with E-state index in [9.17, 15) is 13.2 Å². The lowest BCUT2D eigenvalue weighted by molar-refractivity contribution is -0.127. The molecule has 0 bridgehead atoms. The second kappa shape index (κ2) is 4.49. The molecule has 0 saturated carbocycles. The van der Waals surface area contributed by atoms with E-state index in [2.05, 4.69) is 13.8 Å². The quantitative estimate of drug-likeness (QED) is 0.739. The summed E-state index contributed by atoms with van der Waals surface area (Å²) < 4.78 is 22.1. The third kappa shape index (κ3) is 3.46. The monoisotopic (exact) mass is 234 g/mol. The van der Waals surface area contributed by atoms with Crippen LogP contribution in [-0.2, 0) is 14.8 Å². The van der Waals surface area contributed by atoms with Crippen LogP contribution in [-0.4, -0.2) is 37.6 Å². The molecule has 1 amide bonds. The third-order valence-corrected chi connectivity index (χ3v) is 3.86. The zero-order valence-electron chi connectivity index (χ0n) is 9.14. The number of hydrogen-bond acceptors (Lipinski definition) is 3. The average Bonchev–Trinajstić information content (AvgIpc) is 2.42. The van der Waals surface area contributed by atoms with Crippen molar-refractivity contribution >= 4 is 15.9 Å². The normalized spacial score (nSPS) is 22.8. The van der Waals surface area contributed by atoms with Gasteiger partial charge in [-0.25, -0.2) is 13.6 Å². The molecule has 1 atom stereocenters. The summed E-state index contributed by atoms with van der Waals surface area (Å²) in [7, 11) is -3.57. The van der Waals surface area contributed by atoms with Gasteiger partial charge in [0.1, 0.15) is 5.25 Å². The van der Waals surface area contributed by atoms with Gasteiger partial charge in [0.25, 0.3) is 0 Å². The van der Waals surface area contributed by atoms with Crippen molar-refractivity contribution in [3.8, 4) is 0 Å². The van der Waals surface area contributed by atoms with Crippen LogP contribution < -0.4 is 5.14 Å². The van der Waals surface area contributed by atoms with Gasteiger partial charge in [0.05, 0.1) is 0 Å². The van der Waals surface area contributed by atoms with E-state index in [0.717, 1.165) is 6.42 Å². The molecule has 1 unspecified atom stereocenters. The summed E-state index contributed by atoms with van der Waals surface area (Å²) in [6, 6.07) is 0. The highest BCUT2D eigenvalue weighted by atomic mass is 32.2. The van der Waals surface area contributed by atoms with E-state index in [1.165, 1.54) is 0 Å². The fourth-order valence-corrected chi connectivity index (χ4v) is 2.35. The highest BCUT2D eigenvalue weighted by Crippen LogP contribution is 2.17. The molecule has 6 heteroatoms. The van der Waals surface area contributed by atoms with Crippen LogP contribution in [0.5, 0.6) is 0 Å². The van der Waals surface area contributed by atoms with Crippen LogP contribution in [0.25, 0.3) is 0 Å². The van der Waals surface area contributed by atoms with Crippen LogP contribution >= 0.6 is 0 Å². The lowest BCUT2D eigenvalue weighted by atomic mass is 10.1. The Labute approximate surface area is 90.7 Å². The van der Waals surface area contributed by atoms with Crippen molar-refractivity contribution in [1.29, 1.82) is 0 Å². The number of carbonyl (C=O) groups is 1. The summed E-state index contributed by atoms with van der Waals surface area (Å²) in [6.07, 6.45) is 0.931. The van der Waals surface area contributed by atoms with E-state index in [4.69, 9.17) is 5.14 Å². The third-order valence-electron chi connectivity index (χ3n) is 2.62. The summed E-state index contributed by atoms with van der Waals surface area (Å²) in [5, 5.41) is 4.30. The summed E-state index contributed by atoms with van der Waals surface area (Å²) in [5.41, 5.74) is 0. The van der Waals surface area contributed by atoms with Crippen molar-refractivity contribution in [2.24, 2.45) is 11.1 Å². The first-order valence-corrected chi connectivity index (χ1v) is 6.71. The van der Waals surface area contributed by atoms with Crippen molar-refractivity contribution in [1.82, 2.24) is 4.90 Å². The maximum Gasteiger partial charge on any atom is 0.224 e. The molecular weight excluding hydrogens is 216 g/mol. The van der Waals surface area contributed by atoms with Gasteiger partial charge in [-0.3, -0.25) is 4.79 Å². The maximum absolute atomic E-state index is 11.4. The van der Waals surface area contributed by atoms with Gasteiger partial charge in [-0.05, 0) is 12.3 Å². The molecule has 0 aromatic heterocycles. The molecule has 0 radical (unpaired) electrons. The minimum Gasteiger partial charge on any atom is -0.341 e. The number of nitrogens with zero attached hydrogens (tertiary/aromatic N) is 1. The Morgan fingerprint density at radius 3 is 2.53 bits per heavy atom.